The van der Waals surface area contributed by atoms with Crippen LogP contribution in [0.3, 0.4) is 0 Å². The fourth-order valence-corrected chi connectivity index (χ4v) is 5.03. The van der Waals surface area contributed by atoms with E-state index in [9.17, 15) is 9.59 Å². The average molecular weight is 497 g/mol. The molecular formula is C21H20BrCl2N3O2. The Morgan fingerprint density at radius 3 is 2.31 bits per heavy atom. The lowest BCUT2D eigenvalue weighted by atomic mass is 9.87. The first-order valence-electron chi connectivity index (χ1n) is 9.24. The van der Waals surface area contributed by atoms with Crippen molar-refractivity contribution >= 4 is 56.8 Å². The standard InChI is InChI=1S/C21H20BrCl2N3O2/c1-25(2)18-11-21(10-13-3-5-14(22)6-4-13)19(28)27(20(29)26(21)12-18)17-8-15(23)7-16(24)9-17/h3-9,18H,10-12H2,1-2H3/t18-,21+/m0/s1. The van der Waals surface area contributed by atoms with Crippen LogP contribution in [-0.4, -0.2) is 54.0 Å². The number of carbonyl (C=O) groups excluding carboxylic acids is 2. The highest BCUT2D eigenvalue weighted by molar-refractivity contribution is 9.10. The minimum Gasteiger partial charge on any atom is -0.307 e. The van der Waals surface area contributed by atoms with E-state index in [1.165, 1.54) is 4.90 Å². The van der Waals surface area contributed by atoms with E-state index < -0.39 is 5.54 Å². The van der Waals surface area contributed by atoms with Gasteiger partial charge in [0.25, 0.3) is 5.91 Å². The summed E-state index contributed by atoms with van der Waals surface area (Å²) in [5.74, 6) is -0.229. The van der Waals surface area contributed by atoms with Crippen LogP contribution in [0.25, 0.3) is 0 Å². The summed E-state index contributed by atoms with van der Waals surface area (Å²) in [6.45, 7) is 0.499. The number of urea groups is 1. The van der Waals surface area contributed by atoms with Crippen molar-refractivity contribution in [3.63, 3.8) is 0 Å². The quantitative estimate of drug-likeness (QED) is 0.569. The Morgan fingerprint density at radius 1 is 1.10 bits per heavy atom. The molecule has 0 unspecified atom stereocenters. The van der Waals surface area contributed by atoms with Gasteiger partial charge in [0.15, 0.2) is 0 Å². The second-order valence-electron chi connectivity index (χ2n) is 7.82. The summed E-state index contributed by atoms with van der Waals surface area (Å²) in [6, 6.07) is 12.4. The third kappa shape index (κ3) is 3.56. The molecule has 0 aromatic heterocycles. The Labute approximate surface area is 188 Å². The minimum atomic E-state index is -0.922. The summed E-state index contributed by atoms with van der Waals surface area (Å²) in [6.07, 6.45) is 1.03. The fraction of sp³-hybridized carbons (Fsp3) is 0.333. The van der Waals surface area contributed by atoms with Crippen LogP contribution in [0.5, 0.6) is 0 Å². The van der Waals surface area contributed by atoms with Crippen molar-refractivity contribution in [2.24, 2.45) is 0 Å². The van der Waals surface area contributed by atoms with Gasteiger partial charge in [-0.05, 0) is 56.4 Å². The summed E-state index contributed by atoms with van der Waals surface area (Å²) in [4.78, 5) is 32.1. The summed E-state index contributed by atoms with van der Waals surface area (Å²) in [5.41, 5.74) is 0.488. The van der Waals surface area contributed by atoms with Gasteiger partial charge >= 0.3 is 6.03 Å². The Balaban J connectivity index is 1.77. The van der Waals surface area contributed by atoms with E-state index in [-0.39, 0.29) is 18.0 Å². The molecule has 2 aliphatic rings. The van der Waals surface area contributed by atoms with Crippen molar-refractivity contribution in [3.8, 4) is 0 Å². The van der Waals surface area contributed by atoms with Gasteiger partial charge in [-0.2, -0.15) is 0 Å². The van der Waals surface area contributed by atoms with Gasteiger partial charge < -0.3 is 9.80 Å². The largest absolute Gasteiger partial charge is 0.332 e. The lowest BCUT2D eigenvalue weighted by molar-refractivity contribution is -0.124. The molecule has 2 aromatic rings. The van der Waals surface area contributed by atoms with Crippen LogP contribution in [-0.2, 0) is 11.2 Å². The SMILES string of the molecule is CN(C)[C@@H]1CN2C(=O)N(c3cc(Cl)cc(Cl)c3)C(=O)[C@@]2(Cc2ccc(Br)cc2)C1. The predicted molar refractivity (Wildman–Crippen MR) is 119 cm³/mol. The number of fused-ring (bicyclic) bond motifs is 1. The molecule has 29 heavy (non-hydrogen) atoms. The van der Waals surface area contributed by atoms with Crippen LogP contribution in [0.15, 0.2) is 46.9 Å². The fourth-order valence-electron chi connectivity index (χ4n) is 4.25. The van der Waals surface area contributed by atoms with Gasteiger partial charge in [-0.1, -0.05) is 51.3 Å². The van der Waals surface area contributed by atoms with E-state index in [2.05, 4.69) is 20.8 Å². The molecule has 0 N–H and O–H groups in total. The first-order valence-corrected chi connectivity index (χ1v) is 10.8. The summed E-state index contributed by atoms with van der Waals surface area (Å²) < 4.78 is 0.970. The summed E-state index contributed by atoms with van der Waals surface area (Å²) >= 11 is 15.7. The van der Waals surface area contributed by atoms with Crippen LogP contribution in [0.1, 0.15) is 12.0 Å². The van der Waals surface area contributed by atoms with Gasteiger partial charge in [0, 0.05) is 33.5 Å². The molecule has 0 aliphatic carbocycles. The molecule has 5 nitrogen and oxygen atoms in total. The van der Waals surface area contributed by atoms with Gasteiger partial charge in [-0.15, -0.1) is 0 Å². The second-order valence-corrected chi connectivity index (χ2v) is 9.61. The maximum absolute atomic E-state index is 13.7. The molecule has 2 saturated heterocycles. The molecule has 8 heteroatoms. The van der Waals surface area contributed by atoms with Crippen LogP contribution in [0.2, 0.25) is 10.0 Å². The molecule has 2 aromatic carbocycles. The van der Waals surface area contributed by atoms with Crippen LogP contribution in [0, 0.1) is 0 Å². The van der Waals surface area contributed by atoms with Gasteiger partial charge in [-0.3, -0.25) is 4.79 Å². The number of nitrogens with zero attached hydrogens (tertiary/aromatic N) is 3. The lowest BCUT2D eigenvalue weighted by Crippen LogP contribution is -2.47. The minimum absolute atomic E-state index is 0.114. The number of imide groups is 1. The number of benzene rings is 2. The van der Waals surface area contributed by atoms with Crippen LogP contribution >= 0.6 is 39.1 Å². The molecule has 0 spiro atoms. The number of carbonyl (C=O) groups is 2. The monoisotopic (exact) mass is 495 g/mol. The maximum atomic E-state index is 13.7. The van der Waals surface area contributed by atoms with E-state index in [0.29, 0.717) is 35.1 Å². The second kappa shape index (κ2) is 7.58. The number of likely N-dealkylation sites (N-methyl/N-ethyl adjacent to an activating group) is 1. The van der Waals surface area contributed by atoms with Crippen molar-refractivity contribution in [2.45, 2.75) is 24.4 Å². The summed E-state index contributed by atoms with van der Waals surface area (Å²) in [7, 11) is 3.95. The Morgan fingerprint density at radius 2 is 1.72 bits per heavy atom. The smallest absolute Gasteiger partial charge is 0.307 e. The van der Waals surface area contributed by atoms with E-state index in [0.717, 1.165) is 10.0 Å². The third-order valence-electron chi connectivity index (χ3n) is 5.75. The molecule has 2 heterocycles. The first-order chi connectivity index (χ1) is 13.7. The van der Waals surface area contributed by atoms with Gasteiger partial charge in [-0.25, -0.2) is 9.69 Å². The molecule has 2 aliphatic heterocycles. The molecule has 4 rings (SSSR count). The number of hydrogen-bond acceptors (Lipinski definition) is 3. The van der Waals surface area contributed by atoms with E-state index in [4.69, 9.17) is 23.2 Å². The third-order valence-corrected chi connectivity index (χ3v) is 6.72. The van der Waals surface area contributed by atoms with Crippen molar-refractivity contribution < 1.29 is 9.59 Å². The van der Waals surface area contributed by atoms with E-state index in [1.807, 2.05) is 38.4 Å². The molecular weight excluding hydrogens is 477 g/mol. The number of rotatable bonds is 4. The molecule has 0 bridgehead atoms. The van der Waals surface area contributed by atoms with Gasteiger partial charge in [0.1, 0.15) is 5.54 Å². The Hall–Kier alpha value is -1.60. The Kier molecular flexibility index (Phi) is 5.40. The number of anilines is 1. The van der Waals surface area contributed by atoms with E-state index in [1.54, 1.807) is 23.1 Å². The first kappa shape index (κ1) is 20.7. The molecule has 3 amide bonds. The number of amides is 3. The molecule has 152 valence electrons. The number of hydrogen-bond donors (Lipinski definition) is 0. The van der Waals surface area contributed by atoms with Gasteiger partial charge in [0.05, 0.1) is 5.69 Å². The molecule has 2 atom stereocenters. The lowest BCUT2D eigenvalue weighted by Gasteiger charge is -2.28. The highest BCUT2D eigenvalue weighted by atomic mass is 79.9. The number of halogens is 3. The summed E-state index contributed by atoms with van der Waals surface area (Å²) in [5, 5.41) is 0.765. The van der Waals surface area contributed by atoms with Gasteiger partial charge in [0.2, 0.25) is 0 Å². The van der Waals surface area contributed by atoms with Crippen molar-refractivity contribution in [2.75, 3.05) is 25.5 Å². The zero-order chi connectivity index (χ0) is 20.9. The highest BCUT2D eigenvalue weighted by Crippen LogP contribution is 2.44. The zero-order valence-electron chi connectivity index (χ0n) is 16.0. The normalized spacial score (nSPS) is 24.0. The van der Waals surface area contributed by atoms with Crippen LogP contribution < -0.4 is 4.90 Å². The predicted octanol–water partition coefficient (Wildman–Crippen LogP) is 4.84. The van der Waals surface area contributed by atoms with Crippen molar-refractivity contribution in [3.05, 3.63) is 62.5 Å². The van der Waals surface area contributed by atoms with Crippen LogP contribution in [0.4, 0.5) is 10.5 Å². The van der Waals surface area contributed by atoms with Crippen molar-refractivity contribution in [1.82, 2.24) is 9.80 Å². The molecule has 0 radical (unpaired) electrons. The topological polar surface area (TPSA) is 43.9 Å². The zero-order valence-corrected chi connectivity index (χ0v) is 19.1. The molecule has 2 fully saturated rings. The van der Waals surface area contributed by atoms with Crippen molar-refractivity contribution in [1.29, 1.82) is 0 Å². The van der Waals surface area contributed by atoms with E-state index >= 15 is 0 Å². The maximum Gasteiger partial charge on any atom is 0.332 e. The highest BCUT2D eigenvalue weighted by Gasteiger charge is 2.62. The molecule has 0 saturated carbocycles. The average Bonchev–Trinajstić information content (AvgIpc) is 3.11. The Bertz CT molecular complexity index is 962.